The highest BCUT2D eigenvalue weighted by molar-refractivity contribution is 5.96. The first-order valence-electron chi connectivity index (χ1n) is 11.0. The Morgan fingerprint density at radius 3 is 2.19 bits per heavy atom. The minimum atomic E-state index is -0.305. The van der Waals surface area contributed by atoms with E-state index in [4.69, 9.17) is 0 Å². The largest absolute Gasteiger partial charge is 0.369 e. The van der Waals surface area contributed by atoms with E-state index >= 15 is 0 Å². The van der Waals surface area contributed by atoms with Crippen molar-refractivity contribution < 1.29 is 4.79 Å². The summed E-state index contributed by atoms with van der Waals surface area (Å²) < 4.78 is 0. The molecule has 4 heteroatoms. The van der Waals surface area contributed by atoms with Crippen molar-refractivity contribution in [3.05, 3.63) is 95.1 Å². The normalized spacial score (nSPS) is 15.5. The summed E-state index contributed by atoms with van der Waals surface area (Å²) in [5, 5.41) is 3.20. The molecule has 31 heavy (non-hydrogen) atoms. The van der Waals surface area contributed by atoms with Gasteiger partial charge in [0.25, 0.3) is 0 Å². The molecule has 0 saturated carbocycles. The van der Waals surface area contributed by atoms with E-state index in [9.17, 15) is 4.79 Å². The molecule has 1 fully saturated rings. The fourth-order valence-electron chi connectivity index (χ4n) is 4.37. The van der Waals surface area contributed by atoms with Crippen LogP contribution in [0.5, 0.6) is 0 Å². The highest BCUT2D eigenvalue weighted by atomic mass is 16.2. The second kappa shape index (κ2) is 9.36. The van der Waals surface area contributed by atoms with E-state index in [1.807, 2.05) is 31.2 Å². The van der Waals surface area contributed by atoms with E-state index in [1.165, 1.54) is 11.3 Å². The van der Waals surface area contributed by atoms with Crippen molar-refractivity contribution in [3.8, 4) is 0 Å². The number of piperazine rings is 1. The molecule has 0 radical (unpaired) electrons. The van der Waals surface area contributed by atoms with Crippen LogP contribution in [-0.4, -0.2) is 37.0 Å². The number of nitrogens with one attached hydrogen (secondary N) is 1. The molecular weight excluding hydrogens is 382 g/mol. The summed E-state index contributed by atoms with van der Waals surface area (Å²) in [5.41, 5.74) is 6.74. The van der Waals surface area contributed by atoms with Gasteiger partial charge in [0, 0.05) is 37.6 Å². The number of aryl methyl sites for hydroxylation is 3. The number of carbonyl (C=O) groups is 1. The lowest BCUT2D eigenvalue weighted by Gasteiger charge is -2.40. The van der Waals surface area contributed by atoms with Gasteiger partial charge in [-0.25, -0.2) is 0 Å². The Morgan fingerprint density at radius 1 is 0.806 bits per heavy atom. The molecule has 160 valence electrons. The van der Waals surface area contributed by atoms with Crippen molar-refractivity contribution in [2.45, 2.75) is 26.8 Å². The van der Waals surface area contributed by atoms with Crippen LogP contribution >= 0.6 is 0 Å². The number of hydrogen-bond donors (Lipinski definition) is 1. The molecule has 1 aliphatic rings. The van der Waals surface area contributed by atoms with Gasteiger partial charge in [0.05, 0.1) is 0 Å². The predicted octanol–water partition coefficient (Wildman–Crippen LogP) is 5.11. The molecule has 1 amide bonds. The number of rotatable bonds is 5. The highest BCUT2D eigenvalue weighted by Gasteiger charge is 2.31. The Hall–Kier alpha value is -3.11. The average molecular weight is 414 g/mol. The molecule has 1 aliphatic heterocycles. The molecule has 3 aromatic rings. The van der Waals surface area contributed by atoms with E-state index in [2.05, 4.69) is 77.5 Å². The zero-order valence-corrected chi connectivity index (χ0v) is 18.6. The lowest BCUT2D eigenvalue weighted by atomic mass is 10.0. The molecular formula is C27H31N3O. The van der Waals surface area contributed by atoms with Gasteiger partial charge in [-0.2, -0.15) is 0 Å². The Bertz CT molecular complexity index is 1040. The minimum Gasteiger partial charge on any atom is -0.369 e. The number of benzene rings is 3. The summed E-state index contributed by atoms with van der Waals surface area (Å²) in [7, 11) is 0. The lowest BCUT2D eigenvalue weighted by molar-refractivity contribution is -0.121. The monoisotopic (exact) mass is 413 g/mol. The van der Waals surface area contributed by atoms with Crippen molar-refractivity contribution in [2.75, 3.05) is 36.4 Å². The molecule has 0 aromatic heterocycles. The summed E-state index contributed by atoms with van der Waals surface area (Å²) in [4.78, 5) is 18.3. The van der Waals surface area contributed by atoms with Crippen LogP contribution in [0, 0.1) is 20.8 Å². The summed E-state index contributed by atoms with van der Waals surface area (Å²) in [6.07, 6.45) is 0. The molecule has 1 saturated heterocycles. The van der Waals surface area contributed by atoms with Crippen LogP contribution < -0.4 is 10.2 Å². The van der Waals surface area contributed by atoms with Crippen LogP contribution in [0.1, 0.15) is 28.3 Å². The molecule has 4 nitrogen and oxygen atoms in total. The van der Waals surface area contributed by atoms with Gasteiger partial charge in [0.15, 0.2) is 0 Å². The van der Waals surface area contributed by atoms with Gasteiger partial charge in [-0.05, 0) is 55.2 Å². The minimum absolute atomic E-state index is 0.0317. The van der Waals surface area contributed by atoms with Crippen LogP contribution in [0.4, 0.5) is 11.4 Å². The first-order chi connectivity index (χ1) is 15.0. The van der Waals surface area contributed by atoms with Crippen LogP contribution in [0.15, 0.2) is 72.8 Å². The molecule has 1 heterocycles. The van der Waals surface area contributed by atoms with Gasteiger partial charge in [-0.1, -0.05) is 60.7 Å². The second-order valence-corrected chi connectivity index (χ2v) is 8.43. The maximum absolute atomic E-state index is 13.5. The zero-order valence-electron chi connectivity index (χ0n) is 18.6. The number of amides is 1. The lowest BCUT2D eigenvalue weighted by Crippen LogP contribution is -2.50. The molecule has 0 spiro atoms. The third-order valence-electron chi connectivity index (χ3n) is 6.15. The van der Waals surface area contributed by atoms with Crippen molar-refractivity contribution in [2.24, 2.45) is 0 Å². The van der Waals surface area contributed by atoms with E-state index < -0.39 is 0 Å². The van der Waals surface area contributed by atoms with Crippen LogP contribution in [0.2, 0.25) is 0 Å². The Balaban J connectivity index is 1.54. The third kappa shape index (κ3) is 4.80. The van der Waals surface area contributed by atoms with Crippen molar-refractivity contribution in [1.82, 2.24) is 4.90 Å². The Kier molecular flexibility index (Phi) is 6.38. The first kappa shape index (κ1) is 21.1. The third-order valence-corrected chi connectivity index (χ3v) is 6.15. The van der Waals surface area contributed by atoms with Crippen LogP contribution in [-0.2, 0) is 4.79 Å². The van der Waals surface area contributed by atoms with Gasteiger partial charge in [-0.15, -0.1) is 0 Å². The van der Waals surface area contributed by atoms with E-state index in [0.717, 1.165) is 48.6 Å². The zero-order chi connectivity index (χ0) is 21.8. The quantitative estimate of drug-likeness (QED) is 0.631. The molecule has 4 rings (SSSR count). The smallest absolute Gasteiger partial charge is 0.246 e. The number of carbonyl (C=O) groups excluding carboxylic acids is 1. The molecule has 1 N–H and O–H groups in total. The van der Waals surface area contributed by atoms with Gasteiger partial charge in [0.2, 0.25) is 5.91 Å². The van der Waals surface area contributed by atoms with Crippen molar-refractivity contribution >= 4 is 17.3 Å². The van der Waals surface area contributed by atoms with Crippen LogP contribution in [0.25, 0.3) is 0 Å². The van der Waals surface area contributed by atoms with Gasteiger partial charge < -0.3 is 10.2 Å². The maximum atomic E-state index is 13.5. The fourth-order valence-corrected chi connectivity index (χ4v) is 4.37. The first-order valence-corrected chi connectivity index (χ1v) is 11.0. The number of para-hydroxylation sites is 1. The molecule has 1 atom stereocenters. The standard InChI is InChI=1S/C27H31N3O/c1-20-13-14-21(2)24(19-20)28-27(31)26(23-10-5-4-6-11-23)30-17-15-29(16-18-30)25-12-8-7-9-22(25)3/h4-14,19,26H,15-18H2,1-3H3,(H,28,31)/t26-/m0/s1. The van der Waals surface area contributed by atoms with Crippen molar-refractivity contribution in [3.63, 3.8) is 0 Å². The van der Waals surface area contributed by atoms with E-state index in [-0.39, 0.29) is 11.9 Å². The van der Waals surface area contributed by atoms with Gasteiger partial charge >= 0.3 is 0 Å². The predicted molar refractivity (Wildman–Crippen MR) is 129 cm³/mol. The number of anilines is 2. The van der Waals surface area contributed by atoms with Gasteiger partial charge in [0.1, 0.15) is 6.04 Å². The summed E-state index contributed by atoms with van der Waals surface area (Å²) in [5.74, 6) is 0.0317. The molecule has 0 bridgehead atoms. The molecule has 0 aliphatic carbocycles. The topological polar surface area (TPSA) is 35.6 Å². The number of hydrogen-bond acceptors (Lipinski definition) is 3. The summed E-state index contributed by atoms with van der Waals surface area (Å²) >= 11 is 0. The SMILES string of the molecule is Cc1ccc(C)c(NC(=O)[C@H](c2ccccc2)N2CCN(c3ccccc3C)CC2)c1. The van der Waals surface area contributed by atoms with E-state index in [0.29, 0.717) is 0 Å². The summed E-state index contributed by atoms with van der Waals surface area (Å²) in [6.45, 7) is 9.74. The average Bonchev–Trinajstić information content (AvgIpc) is 2.78. The Labute approximate surface area is 185 Å². The molecule has 0 unspecified atom stereocenters. The molecule has 3 aromatic carbocycles. The summed E-state index contributed by atoms with van der Waals surface area (Å²) in [6, 6.07) is 24.5. The second-order valence-electron chi connectivity index (χ2n) is 8.43. The number of nitrogens with zero attached hydrogens (tertiary/aromatic N) is 2. The van der Waals surface area contributed by atoms with Crippen molar-refractivity contribution in [1.29, 1.82) is 0 Å². The van der Waals surface area contributed by atoms with Gasteiger partial charge in [-0.3, -0.25) is 9.69 Å². The fraction of sp³-hybridized carbons (Fsp3) is 0.296. The Morgan fingerprint density at radius 2 is 1.48 bits per heavy atom. The maximum Gasteiger partial charge on any atom is 0.246 e. The van der Waals surface area contributed by atoms with E-state index in [1.54, 1.807) is 0 Å². The van der Waals surface area contributed by atoms with Crippen LogP contribution in [0.3, 0.4) is 0 Å². The highest BCUT2D eigenvalue weighted by Crippen LogP contribution is 2.28.